The molecule has 3 aliphatic rings. The van der Waals surface area contributed by atoms with Gasteiger partial charge in [-0.15, -0.1) is 0 Å². The molecule has 1 aliphatic heterocycles. The first-order valence-corrected chi connectivity index (χ1v) is 7.99. The number of nitrogens with zero attached hydrogens (tertiary/aromatic N) is 1. The minimum Gasteiger partial charge on any atom is -0.338 e. The van der Waals surface area contributed by atoms with Gasteiger partial charge in [0.15, 0.2) is 0 Å². The normalized spacial score (nSPS) is 30.9. The minimum absolute atomic E-state index is 0.0181. The highest BCUT2D eigenvalue weighted by Gasteiger charge is 2.59. The third kappa shape index (κ3) is 2.27. The number of likely N-dealkylation sites (tertiary alicyclic amines) is 1. The van der Waals surface area contributed by atoms with Crippen LogP contribution in [0.5, 0.6) is 0 Å². The van der Waals surface area contributed by atoms with Crippen LogP contribution in [0.25, 0.3) is 0 Å². The average molecular weight is 310 g/mol. The molecule has 118 valence electrons. The molecule has 5 heteroatoms. The molecule has 4 atom stereocenters. The third-order valence-electron chi connectivity index (χ3n) is 5.20. The number of hydrogen-bond donors (Lipinski definition) is 1. The van der Waals surface area contributed by atoms with Crippen molar-refractivity contribution in [2.24, 2.45) is 23.7 Å². The molecule has 4 rings (SSSR count). The van der Waals surface area contributed by atoms with E-state index in [-0.39, 0.29) is 54.5 Å². The molecule has 1 heterocycles. The average Bonchev–Trinajstić information content (AvgIpc) is 3.22. The Balaban J connectivity index is 1.38. The summed E-state index contributed by atoms with van der Waals surface area (Å²) in [6.45, 7) is -0.0181. The fourth-order valence-corrected chi connectivity index (χ4v) is 4.13. The first kappa shape index (κ1) is 14.2. The molecular formula is C18H18N2O3. The van der Waals surface area contributed by atoms with E-state index < -0.39 is 0 Å². The molecule has 4 unspecified atom stereocenters. The molecule has 2 aliphatic carbocycles. The lowest BCUT2D eigenvalue weighted by Gasteiger charge is -2.17. The summed E-state index contributed by atoms with van der Waals surface area (Å²) < 4.78 is 0. The first-order valence-electron chi connectivity index (χ1n) is 7.99. The van der Waals surface area contributed by atoms with Crippen LogP contribution in [0.3, 0.4) is 0 Å². The van der Waals surface area contributed by atoms with Crippen LogP contribution in [-0.2, 0) is 20.8 Å². The number of rotatable bonds is 4. The quantitative estimate of drug-likeness (QED) is 0.669. The van der Waals surface area contributed by atoms with Gasteiger partial charge in [-0.25, -0.2) is 0 Å². The highest BCUT2D eigenvalue weighted by Crippen LogP contribution is 2.52. The van der Waals surface area contributed by atoms with Crippen molar-refractivity contribution in [2.75, 3.05) is 6.67 Å². The van der Waals surface area contributed by atoms with E-state index in [9.17, 15) is 14.4 Å². The highest BCUT2D eigenvalue weighted by molar-refractivity contribution is 6.06. The zero-order chi connectivity index (χ0) is 16.0. The van der Waals surface area contributed by atoms with Crippen molar-refractivity contribution in [2.45, 2.75) is 12.8 Å². The molecule has 1 saturated carbocycles. The van der Waals surface area contributed by atoms with Crippen molar-refractivity contribution in [1.29, 1.82) is 0 Å². The molecular weight excluding hydrogens is 292 g/mol. The molecule has 2 bridgehead atoms. The van der Waals surface area contributed by atoms with Gasteiger partial charge in [0.2, 0.25) is 17.7 Å². The Hall–Kier alpha value is -2.43. The van der Waals surface area contributed by atoms with E-state index >= 15 is 0 Å². The monoisotopic (exact) mass is 310 g/mol. The zero-order valence-corrected chi connectivity index (χ0v) is 12.6. The number of hydrogen-bond acceptors (Lipinski definition) is 3. The third-order valence-corrected chi connectivity index (χ3v) is 5.20. The molecule has 0 aromatic heterocycles. The van der Waals surface area contributed by atoms with Crippen LogP contribution < -0.4 is 5.32 Å². The van der Waals surface area contributed by atoms with E-state index in [0.29, 0.717) is 0 Å². The Morgan fingerprint density at radius 2 is 1.65 bits per heavy atom. The summed E-state index contributed by atoms with van der Waals surface area (Å²) in [7, 11) is 0. The van der Waals surface area contributed by atoms with E-state index in [1.54, 1.807) is 0 Å². The van der Waals surface area contributed by atoms with Gasteiger partial charge in [0.1, 0.15) is 6.67 Å². The Morgan fingerprint density at radius 3 is 2.26 bits per heavy atom. The molecule has 1 aromatic rings. The molecule has 23 heavy (non-hydrogen) atoms. The molecule has 0 spiro atoms. The van der Waals surface area contributed by atoms with Crippen LogP contribution in [0.1, 0.15) is 12.0 Å². The molecule has 1 N–H and O–H groups in total. The van der Waals surface area contributed by atoms with E-state index in [1.807, 2.05) is 30.3 Å². The molecule has 1 aromatic carbocycles. The Morgan fingerprint density at radius 1 is 1.04 bits per heavy atom. The van der Waals surface area contributed by atoms with Crippen LogP contribution in [0, 0.1) is 23.7 Å². The summed E-state index contributed by atoms with van der Waals surface area (Å²) in [5, 5.41) is 2.70. The predicted molar refractivity (Wildman–Crippen MR) is 82.7 cm³/mol. The second-order valence-electron chi connectivity index (χ2n) is 6.52. The van der Waals surface area contributed by atoms with Gasteiger partial charge in [0.05, 0.1) is 18.3 Å². The number of carbonyl (C=O) groups excluding carboxylic acids is 3. The van der Waals surface area contributed by atoms with Crippen molar-refractivity contribution in [3.05, 3.63) is 48.0 Å². The van der Waals surface area contributed by atoms with Crippen molar-refractivity contribution in [1.82, 2.24) is 10.2 Å². The number of imide groups is 1. The van der Waals surface area contributed by atoms with E-state index in [1.165, 1.54) is 4.90 Å². The first-order chi connectivity index (χ1) is 11.1. The predicted octanol–water partition coefficient (Wildman–Crippen LogP) is 1.11. The molecule has 3 amide bonds. The van der Waals surface area contributed by atoms with Crippen LogP contribution in [0.4, 0.5) is 0 Å². The minimum atomic E-state index is -0.205. The van der Waals surface area contributed by atoms with Gasteiger partial charge in [-0.3, -0.25) is 19.3 Å². The molecule has 5 nitrogen and oxygen atoms in total. The van der Waals surface area contributed by atoms with Gasteiger partial charge >= 0.3 is 0 Å². The van der Waals surface area contributed by atoms with E-state index in [4.69, 9.17) is 0 Å². The molecule has 0 radical (unpaired) electrons. The lowest BCUT2D eigenvalue weighted by Crippen LogP contribution is -2.42. The van der Waals surface area contributed by atoms with Crippen molar-refractivity contribution < 1.29 is 14.4 Å². The topological polar surface area (TPSA) is 66.5 Å². The number of allylic oxidation sites excluding steroid dienone is 2. The maximum Gasteiger partial charge on any atom is 0.235 e. The van der Waals surface area contributed by atoms with Gasteiger partial charge in [0, 0.05) is 0 Å². The lowest BCUT2D eigenvalue weighted by molar-refractivity contribution is -0.141. The fraction of sp³-hybridized carbons (Fsp3) is 0.389. The maximum absolute atomic E-state index is 12.5. The Bertz CT molecular complexity index is 667. The highest BCUT2D eigenvalue weighted by atomic mass is 16.2. The summed E-state index contributed by atoms with van der Waals surface area (Å²) in [6, 6.07) is 9.39. The number of amides is 3. The lowest BCUT2D eigenvalue weighted by atomic mass is 9.85. The molecule has 1 saturated heterocycles. The standard InChI is InChI=1S/C18H18N2O3/c21-14(8-11-4-2-1-3-5-11)19-10-20-17(22)15-12-6-7-13(9-12)16(15)18(20)23/h1-7,12-13,15-16H,8-10H2,(H,19,21). The van der Waals surface area contributed by atoms with E-state index in [2.05, 4.69) is 17.5 Å². The van der Waals surface area contributed by atoms with Crippen molar-refractivity contribution in [3.8, 4) is 0 Å². The largest absolute Gasteiger partial charge is 0.338 e. The zero-order valence-electron chi connectivity index (χ0n) is 12.6. The van der Waals surface area contributed by atoms with Crippen LogP contribution in [0.15, 0.2) is 42.5 Å². The number of benzene rings is 1. The van der Waals surface area contributed by atoms with Crippen LogP contribution >= 0.6 is 0 Å². The summed E-state index contributed by atoms with van der Waals surface area (Å²) in [5.41, 5.74) is 0.906. The summed E-state index contributed by atoms with van der Waals surface area (Å²) in [6.07, 6.45) is 5.29. The summed E-state index contributed by atoms with van der Waals surface area (Å²) in [5.74, 6) is -0.450. The van der Waals surface area contributed by atoms with E-state index in [0.717, 1.165) is 12.0 Å². The van der Waals surface area contributed by atoms with Crippen LogP contribution in [-0.4, -0.2) is 29.3 Å². The van der Waals surface area contributed by atoms with Gasteiger partial charge in [-0.2, -0.15) is 0 Å². The Kier molecular flexibility index (Phi) is 3.29. The van der Waals surface area contributed by atoms with Gasteiger partial charge < -0.3 is 5.32 Å². The maximum atomic E-state index is 12.5. The fourth-order valence-electron chi connectivity index (χ4n) is 4.13. The number of fused-ring (bicyclic) bond motifs is 5. The van der Waals surface area contributed by atoms with Crippen LogP contribution in [0.2, 0.25) is 0 Å². The smallest absolute Gasteiger partial charge is 0.235 e. The van der Waals surface area contributed by atoms with Gasteiger partial charge in [-0.05, 0) is 23.8 Å². The SMILES string of the molecule is O=C(Cc1ccccc1)NCN1C(=O)C2C3C=CC(C3)C2C1=O. The summed E-state index contributed by atoms with van der Waals surface area (Å²) >= 11 is 0. The number of carbonyl (C=O) groups is 3. The molecule has 2 fully saturated rings. The van der Waals surface area contributed by atoms with Crippen molar-refractivity contribution >= 4 is 17.7 Å². The second kappa shape index (κ2) is 5.33. The van der Waals surface area contributed by atoms with Gasteiger partial charge in [0.25, 0.3) is 0 Å². The summed E-state index contributed by atoms with van der Waals surface area (Å²) in [4.78, 5) is 38.2. The second-order valence-corrected chi connectivity index (χ2v) is 6.52. The number of nitrogens with one attached hydrogen (secondary N) is 1. The van der Waals surface area contributed by atoms with Gasteiger partial charge in [-0.1, -0.05) is 42.5 Å². The Labute approximate surface area is 134 Å². The van der Waals surface area contributed by atoms with Crippen molar-refractivity contribution in [3.63, 3.8) is 0 Å².